The van der Waals surface area contributed by atoms with E-state index in [0.717, 1.165) is 52.3 Å². The van der Waals surface area contributed by atoms with Crippen molar-refractivity contribution in [2.45, 2.75) is 39.2 Å². The number of unbranched alkanes of at least 4 members (excludes halogenated alkanes) is 3. The number of carbonyl (C=O) groups excluding carboxylic acids is 2. The Morgan fingerprint density at radius 1 is 0.571 bits per heavy atom. The van der Waals surface area contributed by atoms with Crippen molar-refractivity contribution in [3.8, 4) is 45.8 Å². The first-order valence-electron chi connectivity index (χ1n) is 16.1. The number of hydrogen-bond acceptors (Lipinski definition) is 10. The lowest BCUT2D eigenvalue weighted by Crippen LogP contribution is -2.00. The highest BCUT2D eigenvalue weighted by Gasteiger charge is 2.18. The molecular weight excluding hydrogens is 622 g/mol. The van der Waals surface area contributed by atoms with Crippen molar-refractivity contribution in [1.29, 1.82) is 0 Å². The van der Waals surface area contributed by atoms with Crippen molar-refractivity contribution in [2.75, 3.05) is 14.2 Å². The zero-order valence-corrected chi connectivity index (χ0v) is 27.3. The van der Waals surface area contributed by atoms with Gasteiger partial charge >= 0.3 is 11.9 Å². The van der Waals surface area contributed by atoms with Crippen LogP contribution in [0.2, 0.25) is 0 Å². The topological polar surface area (TPSA) is 135 Å². The molecule has 3 heterocycles. The van der Waals surface area contributed by atoms with Crippen LogP contribution < -0.4 is 0 Å². The average molecular weight is 656 g/mol. The van der Waals surface area contributed by atoms with E-state index in [9.17, 15) is 9.59 Å². The third-order valence-electron chi connectivity index (χ3n) is 8.55. The van der Waals surface area contributed by atoms with Crippen LogP contribution in [0.4, 0.5) is 0 Å². The van der Waals surface area contributed by atoms with Gasteiger partial charge in [-0.2, -0.15) is 0 Å². The summed E-state index contributed by atoms with van der Waals surface area (Å²) in [5.74, 6) is 0.635. The number of nitrogens with zero attached hydrogens (tertiary/aromatic N) is 5. The van der Waals surface area contributed by atoms with E-state index in [4.69, 9.17) is 18.3 Å². The van der Waals surface area contributed by atoms with Crippen LogP contribution >= 0.6 is 0 Å². The molecule has 7 rings (SSSR count). The highest BCUT2D eigenvalue weighted by atomic mass is 16.5. The molecule has 0 unspecified atom stereocenters. The van der Waals surface area contributed by atoms with Crippen LogP contribution in [0.25, 0.3) is 67.6 Å². The maximum Gasteiger partial charge on any atom is 0.337 e. The number of aryl methyl sites for hydroxylation is 1. The summed E-state index contributed by atoms with van der Waals surface area (Å²) in [6.07, 6.45) is 4.59. The molecule has 0 fully saturated rings. The van der Waals surface area contributed by atoms with Crippen LogP contribution in [0.1, 0.15) is 53.3 Å². The van der Waals surface area contributed by atoms with Gasteiger partial charge < -0.3 is 22.9 Å². The van der Waals surface area contributed by atoms with Crippen molar-refractivity contribution < 1.29 is 27.9 Å². The standard InChI is InChI=1S/C38H33N5O6/c1-4-5-6-7-20-43-31-18-16-27(35-41-39-33(48-35)23-8-12-25(13-9-23)37(44)46-2)21-29(31)30-22-28(17-19-32(30)43)36-42-40-34(49-36)24-10-14-26(15-11-24)38(45)47-3/h8-19,21-22H,4-7,20H2,1-3H3. The van der Waals surface area contributed by atoms with E-state index in [0.29, 0.717) is 45.8 Å². The molecule has 0 saturated carbocycles. The van der Waals surface area contributed by atoms with Crippen LogP contribution in [0, 0.1) is 0 Å². The van der Waals surface area contributed by atoms with Gasteiger partial charge in [0.1, 0.15) is 0 Å². The van der Waals surface area contributed by atoms with Crippen molar-refractivity contribution in [1.82, 2.24) is 25.0 Å². The Morgan fingerprint density at radius 2 is 0.980 bits per heavy atom. The summed E-state index contributed by atoms with van der Waals surface area (Å²) in [6, 6.07) is 26.0. The minimum atomic E-state index is -0.412. The third kappa shape index (κ3) is 6.18. The smallest absolute Gasteiger partial charge is 0.337 e. The van der Waals surface area contributed by atoms with Gasteiger partial charge in [0.15, 0.2) is 0 Å². The van der Waals surface area contributed by atoms with Gasteiger partial charge in [0.05, 0.1) is 25.3 Å². The maximum atomic E-state index is 11.8. The van der Waals surface area contributed by atoms with Crippen molar-refractivity contribution >= 4 is 33.7 Å². The molecule has 0 saturated heterocycles. The second-order valence-corrected chi connectivity index (χ2v) is 11.6. The predicted octanol–water partition coefficient (Wildman–Crippen LogP) is 8.38. The quantitative estimate of drug-likeness (QED) is 0.0987. The molecule has 4 aromatic carbocycles. The molecule has 0 N–H and O–H groups in total. The lowest BCUT2D eigenvalue weighted by atomic mass is 10.1. The zero-order valence-electron chi connectivity index (χ0n) is 27.3. The number of esters is 2. The Labute approximate surface area is 281 Å². The highest BCUT2D eigenvalue weighted by Crippen LogP contribution is 2.36. The molecule has 0 aliphatic rings. The van der Waals surface area contributed by atoms with Gasteiger partial charge in [0.25, 0.3) is 0 Å². The molecule has 49 heavy (non-hydrogen) atoms. The molecular formula is C38H33N5O6. The van der Waals surface area contributed by atoms with Crippen LogP contribution in [-0.2, 0) is 16.0 Å². The van der Waals surface area contributed by atoms with E-state index in [-0.39, 0.29) is 0 Å². The summed E-state index contributed by atoms with van der Waals surface area (Å²) >= 11 is 0. The molecule has 0 spiro atoms. The Morgan fingerprint density at radius 3 is 1.39 bits per heavy atom. The molecule has 0 bridgehead atoms. The average Bonchev–Trinajstić information content (AvgIpc) is 3.91. The van der Waals surface area contributed by atoms with Gasteiger partial charge in [0, 0.05) is 50.6 Å². The maximum absolute atomic E-state index is 11.8. The Bertz CT molecular complexity index is 2130. The summed E-state index contributed by atoms with van der Waals surface area (Å²) in [6.45, 7) is 3.10. The van der Waals surface area contributed by atoms with E-state index >= 15 is 0 Å². The van der Waals surface area contributed by atoms with Gasteiger partial charge in [0.2, 0.25) is 23.6 Å². The van der Waals surface area contributed by atoms with E-state index < -0.39 is 11.9 Å². The SMILES string of the molecule is CCCCCCn1c2ccc(-c3nnc(-c4ccc(C(=O)OC)cc4)o3)cc2c2cc(-c3nnc(-c4ccc(C(=O)OC)cc4)o3)ccc21. The van der Waals surface area contributed by atoms with Gasteiger partial charge in [-0.3, -0.25) is 0 Å². The highest BCUT2D eigenvalue weighted by molar-refractivity contribution is 6.10. The van der Waals surface area contributed by atoms with Gasteiger partial charge in [-0.1, -0.05) is 26.2 Å². The fraction of sp³-hybridized carbons (Fsp3) is 0.211. The number of benzene rings is 4. The number of carbonyl (C=O) groups is 2. The van der Waals surface area contributed by atoms with Crippen molar-refractivity contribution in [2.24, 2.45) is 0 Å². The Hall–Kier alpha value is -6.10. The number of hydrogen-bond donors (Lipinski definition) is 0. The number of aromatic nitrogens is 5. The fourth-order valence-corrected chi connectivity index (χ4v) is 5.95. The number of methoxy groups -OCH3 is 2. The lowest BCUT2D eigenvalue weighted by molar-refractivity contribution is 0.0592. The monoisotopic (exact) mass is 655 g/mol. The molecule has 246 valence electrons. The molecule has 11 nitrogen and oxygen atoms in total. The molecule has 0 aliphatic heterocycles. The van der Waals surface area contributed by atoms with Gasteiger partial charge in [-0.25, -0.2) is 9.59 Å². The summed E-state index contributed by atoms with van der Waals surface area (Å²) in [5.41, 5.74) is 6.02. The van der Waals surface area contributed by atoms with Crippen LogP contribution in [0.5, 0.6) is 0 Å². The lowest BCUT2D eigenvalue weighted by Gasteiger charge is -2.07. The molecule has 11 heteroatoms. The molecule has 0 amide bonds. The zero-order chi connectivity index (χ0) is 33.9. The first-order chi connectivity index (χ1) is 24.0. The van der Waals surface area contributed by atoms with Crippen molar-refractivity contribution in [3.63, 3.8) is 0 Å². The largest absolute Gasteiger partial charge is 0.465 e. The molecule has 0 aliphatic carbocycles. The van der Waals surface area contributed by atoms with Crippen LogP contribution in [-0.4, -0.2) is 51.1 Å². The molecule has 0 radical (unpaired) electrons. The molecule has 3 aromatic heterocycles. The van der Waals surface area contributed by atoms with E-state index in [1.165, 1.54) is 27.1 Å². The third-order valence-corrected chi connectivity index (χ3v) is 8.55. The summed E-state index contributed by atoms with van der Waals surface area (Å²) in [5, 5.41) is 19.3. The van der Waals surface area contributed by atoms with Gasteiger partial charge in [-0.15, -0.1) is 20.4 Å². The fourth-order valence-electron chi connectivity index (χ4n) is 5.95. The second kappa shape index (κ2) is 13.6. The first kappa shape index (κ1) is 31.5. The Balaban J connectivity index is 1.24. The predicted molar refractivity (Wildman–Crippen MR) is 184 cm³/mol. The van der Waals surface area contributed by atoms with Crippen LogP contribution in [0.3, 0.4) is 0 Å². The summed E-state index contributed by atoms with van der Waals surface area (Å²) in [7, 11) is 2.69. The van der Waals surface area contributed by atoms with Gasteiger partial charge in [-0.05, 0) is 91.3 Å². The summed E-state index contributed by atoms with van der Waals surface area (Å²) in [4.78, 5) is 23.7. The van der Waals surface area contributed by atoms with Crippen LogP contribution in [0.15, 0.2) is 93.8 Å². The molecule has 7 aromatic rings. The van der Waals surface area contributed by atoms with E-state index in [2.05, 4.69) is 56.2 Å². The van der Waals surface area contributed by atoms with Crippen molar-refractivity contribution in [3.05, 3.63) is 96.1 Å². The summed E-state index contributed by atoms with van der Waals surface area (Å²) < 4.78 is 24.1. The second-order valence-electron chi connectivity index (χ2n) is 11.6. The number of fused-ring (bicyclic) bond motifs is 3. The number of ether oxygens (including phenoxy) is 2. The van der Waals surface area contributed by atoms with E-state index in [1.54, 1.807) is 48.5 Å². The minimum Gasteiger partial charge on any atom is -0.465 e. The minimum absolute atomic E-state index is 0.347. The normalized spacial score (nSPS) is 11.3. The number of rotatable bonds is 11. The molecule has 0 atom stereocenters. The first-order valence-corrected chi connectivity index (χ1v) is 16.1. The van der Waals surface area contributed by atoms with E-state index in [1.807, 2.05) is 12.1 Å². The Kier molecular flexibility index (Phi) is 8.72.